The minimum absolute atomic E-state index is 0.0320. The highest BCUT2D eigenvalue weighted by atomic mass is 16.8. The van der Waals surface area contributed by atoms with E-state index in [0.29, 0.717) is 19.3 Å². The molecule has 77 heavy (non-hydrogen) atoms. The average Bonchev–Trinajstić information content (AvgIpc) is 3.43. The summed E-state index contributed by atoms with van der Waals surface area (Å²) in [7, 11) is 0. The van der Waals surface area contributed by atoms with Gasteiger partial charge in [-0.15, -0.1) is 0 Å². The number of amides is 1. The highest BCUT2D eigenvalue weighted by molar-refractivity contribution is 5.77. The second kappa shape index (κ2) is 41.5. The number of allylic oxidation sites excluding steroid dienone is 9. The molecule has 3 saturated heterocycles. The van der Waals surface area contributed by atoms with E-state index in [1.54, 1.807) is 6.08 Å². The van der Waals surface area contributed by atoms with Gasteiger partial charge in [0.05, 0.1) is 38.6 Å². The van der Waals surface area contributed by atoms with Crippen molar-refractivity contribution in [2.45, 2.75) is 272 Å². The first-order valence-electron chi connectivity index (χ1n) is 29.0. The van der Waals surface area contributed by atoms with Crippen LogP contribution in [0, 0.1) is 0 Å². The zero-order valence-electron chi connectivity index (χ0n) is 46.2. The molecule has 3 aliphatic heterocycles. The van der Waals surface area contributed by atoms with Crippen LogP contribution in [-0.2, 0) is 33.2 Å². The van der Waals surface area contributed by atoms with Crippen LogP contribution in [0.4, 0.5) is 0 Å². The van der Waals surface area contributed by atoms with Crippen LogP contribution in [0.3, 0.4) is 0 Å². The number of carbonyl (C=O) groups is 1. The minimum atomic E-state index is -1.98. The van der Waals surface area contributed by atoms with Crippen molar-refractivity contribution in [2.75, 3.05) is 26.4 Å². The van der Waals surface area contributed by atoms with Gasteiger partial charge in [-0.3, -0.25) is 4.79 Å². The van der Waals surface area contributed by atoms with Gasteiger partial charge in [-0.2, -0.15) is 0 Å². The number of rotatable bonds is 41. The summed E-state index contributed by atoms with van der Waals surface area (Å²) < 4.78 is 34.2. The number of unbranched alkanes of at least 4 members (excludes halogenated alkanes) is 16. The third-order valence-electron chi connectivity index (χ3n) is 14.4. The second-order valence-electron chi connectivity index (χ2n) is 20.7. The van der Waals surface area contributed by atoms with Crippen LogP contribution in [0.15, 0.2) is 60.8 Å². The highest BCUT2D eigenvalue weighted by Gasteiger charge is 2.53. The van der Waals surface area contributed by atoms with E-state index in [1.807, 2.05) is 12.2 Å². The van der Waals surface area contributed by atoms with Crippen molar-refractivity contribution in [3.05, 3.63) is 60.8 Å². The van der Waals surface area contributed by atoms with Crippen molar-refractivity contribution >= 4 is 5.91 Å². The Hall–Kier alpha value is -2.51. The van der Waals surface area contributed by atoms with E-state index < -0.39 is 124 Å². The van der Waals surface area contributed by atoms with Crippen LogP contribution in [-0.4, -0.2) is 193 Å². The van der Waals surface area contributed by atoms with Gasteiger partial charge >= 0.3 is 0 Å². The molecule has 0 aromatic carbocycles. The predicted molar refractivity (Wildman–Crippen MR) is 291 cm³/mol. The molecule has 17 atom stereocenters. The second-order valence-corrected chi connectivity index (χ2v) is 20.7. The van der Waals surface area contributed by atoms with Crippen LogP contribution in [0.5, 0.6) is 0 Å². The van der Waals surface area contributed by atoms with Gasteiger partial charge in [0.15, 0.2) is 18.9 Å². The fourth-order valence-corrected chi connectivity index (χ4v) is 9.61. The first kappa shape index (κ1) is 68.8. The number of aliphatic hydroxyl groups excluding tert-OH is 11. The molecule has 0 spiro atoms. The lowest BCUT2D eigenvalue weighted by molar-refractivity contribution is -0.379. The molecule has 1 amide bonds. The van der Waals surface area contributed by atoms with Crippen LogP contribution in [0.1, 0.15) is 168 Å². The Balaban J connectivity index is 1.54. The summed E-state index contributed by atoms with van der Waals surface area (Å²) >= 11 is 0. The van der Waals surface area contributed by atoms with Gasteiger partial charge in [0.1, 0.15) is 73.2 Å². The monoisotopic (exact) mass is 1100 g/mol. The van der Waals surface area contributed by atoms with Crippen molar-refractivity contribution in [1.82, 2.24) is 5.32 Å². The SMILES string of the molecule is CC/C=C\C/C=C\C/C=C\C/C=C\C/C=C\CC(=O)NC(COC1OC(CO)C(OC2OC(CO)C(OC3OC(CO)C(O)C(O)C3O)C(O)C2O)C(O)C1O)C(O)CCCCCCCCCCCCCCCCCCC. The van der Waals surface area contributed by atoms with Crippen molar-refractivity contribution in [1.29, 1.82) is 0 Å². The topological polar surface area (TPSA) is 307 Å². The number of hydrogen-bond donors (Lipinski definition) is 12. The molecule has 0 saturated carbocycles. The zero-order chi connectivity index (χ0) is 56.2. The molecule has 446 valence electrons. The third-order valence-corrected chi connectivity index (χ3v) is 14.4. The molecule has 0 aromatic rings. The molecule has 19 nitrogen and oxygen atoms in total. The van der Waals surface area contributed by atoms with Crippen LogP contribution >= 0.6 is 0 Å². The molecule has 0 aromatic heterocycles. The number of carbonyl (C=O) groups excluding carboxylic acids is 1. The molecule has 3 heterocycles. The number of aliphatic hydroxyl groups is 11. The highest BCUT2D eigenvalue weighted by Crippen LogP contribution is 2.33. The summed E-state index contributed by atoms with van der Waals surface area (Å²) in [4.78, 5) is 13.2. The van der Waals surface area contributed by atoms with Gasteiger partial charge in [-0.25, -0.2) is 0 Å². The van der Waals surface area contributed by atoms with Gasteiger partial charge in [-0.05, 0) is 38.5 Å². The standard InChI is InChI=1S/C58H101NO18/c1-3-5-7-9-11-13-15-17-19-20-22-23-25-27-29-31-33-35-42(63)41(59-46(64)36-34-32-30-28-26-24-21-18-16-14-12-10-8-6-4-2)40-72-56-52(70)49(67)54(44(38-61)74-56)77-58-53(71)50(68)55(45(39-62)75-58)76-57-51(69)48(66)47(65)43(37-60)73-57/h6,8,12,14,18,21,26,28,32,34,41-45,47-58,60-63,65-71H,3-5,7,9-11,13,15-17,19-20,22-25,27,29-31,33,35-40H2,1-2H3,(H,59,64)/b8-6-,14-12-,21-18-,28-26-,34-32-. The van der Waals surface area contributed by atoms with E-state index in [4.69, 9.17) is 28.4 Å². The molecule has 0 radical (unpaired) electrons. The van der Waals surface area contributed by atoms with E-state index in [0.717, 1.165) is 44.9 Å². The van der Waals surface area contributed by atoms with Gasteiger partial charge in [0, 0.05) is 6.42 Å². The lowest BCUT2D eigenvalue weighted by Crippen LogP contribution is -2.66. The van der Waals surface area contributed by atoms with Gasteiger partial charge in [-0.1, -0.05) is 184 Å². The summed E-state index contributed by atoms with van der Waals surface area (Å²) in [5.74, 6) is -0.372. The molecule has 3 aliphatic rings. The van der Waals surface area contributed by atoms with Gasteiger partial charge in [0.25, 0.3) is 0 Å². The maximum absolute atomic E-state index is 13.2. The number of ether oxygens (including phenoxy) is 6. The summed E-state index contributed by atoms with van der Waals surface area (Å²) in [6.45, 7) is 1.58. The zero-order valence-corrected chi connectivity index (χ0v) is 46.2. The molecule has 19 heteroatoms. The van der Waals surface area contributed by atoms with Crippen molar-refractivity contribution in [2.24, 2.45) is 0 Å². The van der Waals surface area contributed by atoms with E-state index in [9.17, 15) is 61.0 Å². The Morgan fingerprint density at radius 3 is 1.29 bits per heavy atom. The van der Waals surface area contributed by atoms with E-state index in [1.165, 1.54) is 83.5 Å². The summed E-state index contributed by atoms with van der Waals surface area (Å²) in [5.41, 5.74) is 0. The van der Waals surface area contributed by atoms with Crippen molar-refractivity contribution in [3.8, 4) is 0 Å². The van der Waals surface area contributed by atoms with Crippen molar-refractivity contribution in [3.63, 3.8) is 0 Å². The molecule has 0 aliphatic carbocycles. The Bertz CT molecular complexity index is 1650. The number of nitrogens with one attached hydrogen (secondary N) is 1. The quantitative estimate of drug-likeness (QED) is 0.0297. The lowest BCUT2D eigenvalue weighted by Gasteiger charge is -2.48. The van der Waals surface area contributed by atoms with E-state index >= 15 is 0 Å². The number of hydrogen-bond acceptors (Lipinski definition) is 18. The molecule has 3 fully saturated rings. The Labute approximate surface area is 458 Å². The fraction of sp³-hybridized carbons (Fsp3) is 0.810. The van der Waals surface area contributed by atoms with Crippen LogP contribution < -0.4 is 5.32 Å². The smallest absolute Gasteiger partial charge is 0.224 e. The lowest BCUT2D eigenvalue weighted by atomic mass is 9.96. The Morgan fingerprint density at radius 1 is 0.468 bits per heavy atom. The summed E-state index contributed by atoms with van der Waals surface area (Å²) in [6, 6.07) is -0.943. The summed E-state index contributed by atoms with van der Waals surface area (Å²) in [5, 5.41) is 120. The molecule has 3 rings (SSSR count). The van der Waals surface area contributed by atoms with E-state index in [-0.39, 0.29) is 18.9 Å². The normalized spacial score (nSPS) is 31.2. The van der Waals surface area contributed by atoms with Gasteiger partial charge in [0.2, 0.25) is 5.91 Å². The molecular formula is C58H101NO18. The largest absolute Gasteiger partial charge is 0.394 e. The maximum Gasteiger partial charge on any atom is 0.224 e. The first-order chi connectivity index (χ1) is 37.3. The average molecular weight is 1100 g/mol. The van der Waals surface area contributed by atoms with Gasteiger partial charge < -0.3 is 89.9 Å². The molecule has 0 bridgehead atoms. The molecule has 17 unspecified atom stereocenters. The molecule has 12 N–H and O–H groups in total. The minimum Gasteiger partial charge on any atom is -0.394 e. The molecular weight excluding hydrogens is 999 g/mol. The fourth-order valence-electron chi connectivity index (χ4n) is 9.61. The van der Waals surface area contributed by atoms with Crippen LogP contribution in [0.2, 0.25) is 0 Å². The summed E-state index contributed by atoms with van der Waals surface area (Å²) in [6.07, 6.45) is 19.1. The Kier molecular flexibility index (Phi) is 37.0. The maximum atomic E-state index is 13.2. The van der Waals surface area contributed by atoms with Crippen LogP contribution in [0.25, 0.3) is 0 Å². The van der Waals surface area contributed by atoms with E-state index in [2.05, 4.69) is 61.7 Å². The Morgan fingerprint density at radius 2 is 0.844 bits per heavy atom. The van der Waals surface area contributed by atoms with Crippen molar-refractivity contribution < 1.29 is 89.4 Å². The first-order valence-corrected chi connectivity index (χ1v) is 29.0. The predicted octanol–water partition coefficient (Wildman–Crippen LogP) is 4.48. The third kappa shape index (κ3) is 25.9.